The summed E-state index contributed by atoms with van der Waals surface area (Å²) in [6, 6.07) is 17.1. The molecule has 1 amide bonds. The first kappa shape index (κ1) is 17.6. The Kier molecular flexibility index (Phi) is 4.54. The second-order valence-electron chi connectivity index (χ2n) is 7.88. The first-order valence-electron chi connectivity index (χ1n) is 9.43. The standard InChI is InChI=1S/C22H24N2O.ClH/c25-21(20-13-22(20)9-11-23-12-10-22)24-14-16-5-1-3-7-18(16)19-8-4-2-6-17(19)15-24;/h1-8,20,23H,9-15H2;1H. The van der Waals surface area contributed by atoms with Crippen molar-refractivity contribution in [1.29, 1.82) is 0 Å². The minimum Gasteiger partial charge on any atom is -0.334 e. The zero-order valence-corrected chi connectivity index (χ0v) is 15.7. The number of nitrogens with one attached hydrogen (secondary N) is 1. The molecule has 5 rings (SSSR count). The summed E-state index contributed by atoms with van der Waals surface area (Å²) < 4.78 is 0. The summed E-state index contributed by atoms with van der Waals surface area (Å²) in [6.07, 6.45) is 3.40. The highest BCUT2D eigenvalue weighted by Crippen LogP contribution is 2.59. The van der Waals surface area contributed by atoms with Crippen LogP contribution in [0.15, 0.2) is 48.5 Å². The van der Waals surface area contributed by atoms with E-state index < -0.39 is 0 Å². The Morgan fingerprint density at radius 3 is 2.04 bits per heavy atom. The lowest BCUT2D eigenvalue weighted by Crippen LogP contribution is -2.35. The molecule has 2 aromatic rings. The summed E-state index contributed by atoms with van der Waals surface area (Å²) in [4.78, 5) is 15.4. The van der Waals surface area contributed by atoms with Crippen molar-refractivity contribution >= 4 is 18.3 Å². The van der Waals surface area contributed by atoms with E-state index in [0.29, 0.717) is 11.3 Å². The first-order valence-corrected chi connectivity index (χ1v) is 9.43. The third-order valence-corrected chi connectivity index (χ3v) is 6.45. The predicted molar refractivity (Wildman–Crippen MR) is 106 cm³/mol. The fourth-order valence-corrected chi connectivity index (χ4v) is 4.86. The molecule has 2 aromatic carbocycles. The largest absolute Gasteiger partial charge is 0.334 e. The van der Waals surface area contributed by atoms with Crippen LogP contribution in [0.4, 0.5) is 0 Å². The van der Waals surface area contributed by atoms with E-state index in [9.17, 15) is 4.79 Å². The Morgan fingerprint density at radius 1 is 0.923 bits per heavy atom. The van der Waals surface area contributed by atoms with Gasteiger partial charge in [0.25, 0.3) is 0 Å². The van der Waals surface area contributed by atoms with Gasteiger partial charge >= 0.3 is 0 Å². The molecule has 1 aliphatic carbocycles. The number of amides is 1. The second-order valence-corrected chi connectivity index (χ2v) is 7.88. The van der Waals surface area contributed by atoms with E-state index in [1.807, 2.05) is 0 Å². The number of rotatable bonds is 1. The zero-order valence-electron chi connectivity index (χ0n) is 14.9. The van der Waals surface area contributed by atoms with E-state index in [4.69, 9.17) is 0 Å². The van der Waals surface area contributed by atoms with Gasteiger partial charge in [0, 0.05) is 19.0 Å². The normalized spacial score (nSPS) is 22.6. The van der Waals surface area contributed by atoms with Crippen LogP contribution in [0, 0.1) is 11.3 Å². The Balaban J connectivity index is 0.00000168. The van der Waals surface area contributed by atoms with Crippen LogP contribution in [-0.4, -0.2) is 23.9 Å². The average molecular weight is 369 g/mol. The van der Waals surface area contributed by atoms with Gasteiger partial charge in [-0.3, -0.25) is 4.79 Å². The molecule has 1 spiro atoms. The molecular weight excluding hydrogens is 344 g/mol. The molecule has 2 heterocycles. The van der Waals surface area contributed by atoms with Crippen molar-refractivity contribution in [3.05, 3.63) is 59.7 Å². The van der Waals surface area contributed by atoms with Crippen molar-refractivity contribution in [2.24, 2.45) is 11.3 Å². The number of hydrogen-bond acceptors (Lipinski definition) is 2. The van der Waals surface area contributed by atoms with Crippen LogP contribution in [0.25, 0.3) is 11.1 Å². The Labute approximate surface area is 161 Å². The minimum absolute atomic E-state index is 0. The highest BCUT2D eigenvalue weighted by Gasteiger charge is 2.58. The lowest BCUT2D eigenvalue weighted by molar-refractivity contribution is -0.134. The molecule has 2 fully saturated rings. The van der Waals surface area contributed by atoms with Crippen LogP contribution in [0.1, 0.15) is 30.4 Å². The lowest BCUT2D eigenvalue weighted by Gasteiger charge is -2.26. The highest BCUT2D eigenvalue weighted by molar-refractivity contribution is 5.85. The van der Waals surface area contributed by atoms with Gasteiger partial charge < -0.3 is 10.2 Å². The first-order chi connectivity index (χ1) is 12.3. The number of carbonyl (C=O) groups is 1. The predicted octanol–water partition coefficient (Wildman–Crippen LogP) is 4.01. The van der Waals surface area contributed by atoms with Gasteiger partial charge in [-0.05, 0) is 60.0 Å². The molecule has 26 heavy (non-hydrogen) atoms. The average Bonchev–Trinajstić information content (AvgIpc) is 3.38. The molecule has 2 aliphatic heterocycles. The van der Waals surface area contributed by atoms with E-state index in [-0.39, 0.29) is 18.3 Å². The molecule has 136 valence electrons. The molecular formula is C22H25ClN2O. The number of nitrogens with zero attached hydrogens (tertiary/aromatic N) is 1. The monoisotopic (exact) mass is 368 g/mol. The quantitative estimate of drug-likeness (QED) is 0.824. The van der Waals surface area contributed by atoms with Gasteiger partial charge in [-0.25, -0.2) is 0 Å². The van der Waals surface area contributed by atoms with Crippen molar-refractivity contribution in [2.45, 2.75) is 32.4 Å². The minimum atomic E-state index is 0. The number of carbonyl (C=O) groups excluding carboxylic acids is 1. The van der Waals surface area contributed by atoms with E-state index in [1.165, 1.54) is 22.3 Å². The fourth-order valence-electron chi connectivity index (χ4n) is 4.86. The number of hydrogen-bond donors (Lipinski definition) is 1. The van der Waals surface area contributed by atoms with Crippen LogP contribution in [0.2, 0.25) is 0 Å². The second kappa shape index (κ2) is 6.71. The number of benzene rings is 2. The number of piperidine rings is 1. The van der Waals surface area contributed by atoms with Gasteiger partial charge in [-0.2, -0.15) is 0 Å². The fraction of sp³-hybridized carbons (Fsp3) is 0.409. The summed E-state index contributed by atoms with van der Waals surface area (Å²) in [7, 11) is 0. The topological polar surface area (TPSA) is 32.3 Å². The van der Waals surface area contributed by atoms with Crippen molar-refractivity contribution in [3.8, 4) is 11.1 Å². The van der Waals surface area contributed by atoms with Crippen LogP contribution in [-0.2, 0) is 17.9 Å². The SMILES string of the molecule is Cl.O=C(C1CC12CCNCC2)N1Cc2ccccc2-c2ccccc2C1. The maximum absolute atomic E-state index is 13.3. The zero-order chi connectivity index (χ0) is 16.9. The van der Waals surface area contributed by atoms with E-state index in [0.717, 1.165) is 45.4 Å². The van der Waals surface area contributed by atoms with Crippen LogP contribution in [0.3, 0.4) is 0 Å². The van der Waals surface area contributed by atoms with Crippen molar-refractivity contribution in [2.75, 3.05) is 13.1 Å². The molecule has 1 saturated heterocycles. The summed E-state index contributed by atoms with van der Waals surface area (Å²) in [5.74, 6) is 0.612. The number of fused-ring (bicyclic) bond motifs is 3. The third-order valence-electron chi connectivity index (χ3n) is 6.45. The van der Waals surface area contributed by atoms with E-state index in [1.54, 1.807) is 0 Å². The molecule has 4 heteroatoms. The molecule has 0 aromatic heterocycles. The Bertz CT molecular complexity index is 781. The molecule has 1 atom stereocenters. The molecule has 3 nitrogen and oxygen atoms in total. The lowest BCUT2D eigenvalue weighted by atomic mass is 9.91. The summed E-state index contributed by atoms with van der Waals surface area (Å²) in [6.45, 7) is 3.59. The highest BCUT2D eigenvalue weighted by atomic mass is 35.5. The number of halogens is 1. The van der Waals surface area contributed by atoms with Crippen molar-refractivity contribution in [1.82, 2.24) is 10.2 Å². The Hall–Kier alpha value is -1.84. The van der Waals surface area contributed by atoms with Crippen LogP contribution in [0.5, 0.6) is 0 Å². The molecule has 0 bridgehead atoms. The summed E-state index contributed by atoms with van der Waals surface area (Å²) in [5, 5.41) is 3.43. The van der Waals surface area contributed by atoms with Gasteiger partial charge in [-0.1, -0.05) is 48.5 Å². The molecule has 1 unspecified atom stereocenters. The van der Waals surface area contributed by atoms with Crippen LogP contribution >= 0.6 is 12.4 Å². The van der Waals surface area contributed by atoms with Crippen molar-refractivity contribution in [3.63, 3.8) is 0 Å². The van der Waals surface area contributed by atoms with E-state index in [2.05, 4.69) is 58.7 Å². The molecule has 1 saturated carbocycles. The van der Waals surface area contributed by atoms with E-state index >= 15 is 0 Å². The maximum Gasteiger partial charge on any atom is 0.226 e. The van der Waals surface area contributed by atoms with Crippen molar-refractivity contribution < 1.29 is 4.79 Å². The summed E-state index contributed by atoms with van der Waals surface area (Å²) >= 11 is 0. The molecule has 1 N–H and O–H groups in total. The smallest absolute Gasteiger partial charge is 0.226 e. The van der Waals surface area contributed by atoms with Gasteiger partial charge in [0.15, 0.2) is 0 Å². The van der Waals surface area contributed by atoms with Gasteiger partial charge in [0.2, 0.25) is 5.91 Å². The van der Waals surface area contributed by atoms with Crippen LogP contribution < -0.4 is 5.32 Å². The third kappa shape index (κ3) is 2.83. The maximum atomic E-state index is 13.3. The molecule has 0 radical (unpaired) electrons. The Morgan fingerprint density at radius 2 is 1.46 bits per heavy atom. The van der Waals surface area contributed by atoms with Gasteiger partial charge in [0.1, 0.15) is 0 Å². The summed E-state index contributed by atoms with van der Waals surface area (Å²) in [5.41, 5.74) is 5.39. The van der Waals surface area contributed by atoms with Gasteiger partial charge in [-0.15, -0.1) is 12.4 Å². The molecule has 3 aliphatic rings. The van der Waals surface area contributed by atoms with Gasteiger partial charge in [0.05, 0.1) is 0 Å².